The summed E-state index contributed by atoms with van der Waals surface area (Å²) in [4.78, 5) is 12.1. The van der Waals surface area contributed by atoms with E-state index in [9.17, 15) is 4.79 Å². The van der Waals surface area contributed by atoms with Crippen molar-refractivity contribution in [2.75, 3.05) is 19.7 Å². The van der Waals surface area contributed by atoms with Crippen molar-refractivity contribution in [3.05, 3.63) is 11.6 Å². The van der Waals surface area contributed by atoms with E-state index in [2.05, 4.69) is 25.4 Å². The fourth-order valence-corrected chi connectivity index (χ4v) is 2.60. The highest BCUT2D eigenvalue weighted by molar-refractivity contribution is 5.81. The minimum atomic E-state index is -0.405. The molecule has 2 atom stereocenters. The van der Waals surface area contributed by atoms with Gasteiger partial charge in [0, 0.05) is 26.1 Å². The van der Waals surface area contributed by atoms with E-state index in [4.69, 9.17) is 4.74 Å². The average Bonchev–Trinajstić information content (AvgIpc) is 3.01. The fourth-order valence-electron chi connectivity index (χ4n) is 2.60. The second-order valence-electron chi connectivity index (χ2n) is 5.02. The number of ether oxygens (including phenoxy) is 1. The molecule has 1 saturated heterocycles. The van der Waals surface area contributed by atoms with Crippen LogP contribution in [-0.4, -0.2) is 46.5 Å². The molecule has 0 saturated carbocycles. The number of aromatic nitrogens is 3. The second-order valence-corrected chi connectivity index (χ2v) is 5.02. The van der Waals surface area contributed by atoms with Gasteiger partial charge in [0.15, 0.2) is 5.82 Å². The van der Waals surface area contributed by atoms with Crippen molar-refractivity contribution in [1.82, 2.24) is 25.4 Å². The molecule has 2 aliphatic rings. The number of morpholine rings is 1. The van der Waals surface area contributed by atoms with Gasteiger partial charge in [-0.25, -0.2) is 0 Å². The number of hydrogen-bond acceptors (Lipinski definition) is 5. The molecule has 2 N–H and O–H groups in total. The van der Waals surface area contributed by atoms with Crippen LogP contribution < -0.4 is 10.6 Å². The molecule has 3 rings (SSSR count). The Kier molecular flexibility index (Phi) is 3.48. The summed E-state index contributed by atoms with van der Waals surface area (Å²) in [6.45, 7) is 4.82. The molecule has 1 fully saturated rings. The quantitative estimate of drug-likeness (QED) is 0.762. The number of amides is 1. The number of carbonyl (C=O) groups excluding carboxylic acids is 1. The zero-order chi connectivity index (χ0) is 13.2. The Morgan fingerprint density at radius 1 is 1.58 bits per heavy atom. The van der Waals surface area contributed by atoms with E-state index in [1.807, 2.05) is 6.92 Å². The van der Waals surface area contributed by atoms with Crippen molar-refractivity contribution in [2.45, 2.75) is 38.5 Å². The molecule has 0 aromatic carbocycles. The van der Waals surface area contributed by atoms with Gasteiger partial charge in [-0.15, -0.1) is 10.2 Å². The summed E-state index contributed by atoms with van der Waals surface area (Å²) in [5.74, 6) is 1.77. The number of nitrogens with zero attached hydrogens (tertiary/aromatic N) is 3. The molecule has 0 spiro atoms. The summed E-state index contributed by atoms with van der Waals surface area (Å²) in [6.07, 6.45) is 1.68. The predicted molar refractivity (Wildman–Crippen MR) is 67.5 cm³/mol. The van der Waals surface area contributed by atoms with Gasteiger partial charge >= 0.3 is 0 Å². The summed E-state index contributed by atoms with van der Waals surface area (Å²) in [5.41, 5.74) is 0. The van der Waals surface area contributed by atoms with E-state index in [1.165, 1.54) is 0 Å². The first-order valence-corrected chi connectivity index (χ1v) is 6.80. The second kappa shape index (κ2) is 5.26. The van der Waals surface area contributed by atoms with Gasteiger partial charge in [-0.05, 0) is 13.3 Å². The van der Waals surface area contributed by atoms with E-state index in [1.54, 1.807) is 0 Å². The topological polar surface area (TPSA) is 81.1 Å². The molecule has 1 amide bonds. The van der Waals surface area contributed by atoms with Gasteiger partial charge in [0.05, 0.1) is 12.6 Å². The average molecular weight is 265 g/mol. The number of aryl methyl sites for hydroxylation is 1. The van der Waals surface area contributed by atoms with Crippen LogP contribution in [-0.2, 0) is 22.5 Å². The molecule has 19 heavy (non-hydrogen) atoms. The Hall–Kier alpha value is -1.47. The van der Waals surface area contributed by atoms with Gasteiger partial charge in [0.2, 0.25) is 0 Å². The first-order valence-electron chi connectivity index (χ1n) is 6.80. The van der Waals surface area contributed by atoms with E-state index in [0.717, 1.165) is 37.6 Å². The lowest BCUT2D eigenvalue weighted by Gasteiger charge is -2.24. The molecule has 1 aromatic heterocycles. The standard InChI is InChI=1S/C12H19N5O2/c1-8(11-16-15-10-3-2-5-17(10)11)14-12(18)9-7-13-4-6-19-9/h8-9,13H,2-7H2,1H3,(H,14,18). The summed E-state index contributed by atoms with van der Waals surface area (Å²) >= 11 is 0. The Balaban J connectivity index is 1.64. The van der Waals surface area contributed by atoms with Crippen molar-refractivity contribution in [2.24, 2.45) is 0 Å². The molecule has 7 heteroatoms. The third kappa shape index (κ3) is 2.48. The molecule has 0 radical (unpaired) electrons. The van der Waals surface area contributed by atoms with Crippen LogP contribution in [0.25, 0.3) is 0 Å². The van der Waals surface area contributed by atoms with Crippen molar-refractivity contribution < 1.29 is 9.53 Å². The SMILES string of the molecule is CC(NC(=O)C1CNCCO1)c1nnc2n1CCC2. The normalized spacial score (nSPS) is 23.9. The van der Waals surface area contributed by atoms with Crippen LogP contribution >= 0.6 is 0 Å². The lowest BCUT2D eigenvalue weighted by Crippen LogP contribution is -2.48. The predicted octanol–water partition coefficient (Wildman–Crippen LogP) is -0.610. The maximum Gasteiger partial charge on any atom is 0.251 e. The number of hydrogen-bond donors (Lipinski definition) is 2. The zero-order valence-corrected chi connectivity index (χ0v) is 11.1. The zero-order valence-electron chi connectivity index (χ0n) is 11.1. The van der Waals surface area contributed by atoms with Crippen LogP contribution in [0.4, 0.5) is 0 Å². The maximum absolute atomic E-state index is 12.1. The first kappa shape index (κ1) is 12.6. The third-order valence-electron chi connectivity index (χ3n) is 3.60. The monoisotopic (exact) mass is 265 g/mol. The van der Waals surface area contributed by atoms with Gasteiger partial charge in [0.1, 0.15) is 11.9 Å². The van der Waals surface area contributed by atoms with Crippen molar-refractivity contribution in [3.8, 4) is 0 Å². The summed E-state index contributed by atoms with van der Waals surface area (Å²) in [7, 11) is 0. The van der Waals surface area contributed by atoms with Crippen LogP contribution in [0, 0.1) is 0 Å². The van der Waals surface area contributed by atoms with E-state index < -0.39 is 6.10 Å². The Bertz CT molecular complexity index is 467. The smallest absolute Gasteiger partial charge is 0.251 e. The molecule has 0 aliphatic carbocycles. The number of rotatable bonds is 3. The molecule has 7 nitrogen and oxygen atoms in total. The number of carbonyl (C=O) groups is 1. The van der Waals surface area contributed by atoms with Gasteiger partial charge in [-0.1, -0.05) is 0 Å². The molecule has 0 bridgehead atoms. The Labute approximate surface area is 111 Å². The van der Waals surface area contributed by atoms with Crippen molar-refractivity contribution in [3.63, 3.8) is 0 Å². The van der Waals surface area contributed by atoms with E-state index in [-0.39, 0.29) is 11.9 Å². The highest BCUT2D eigenvalue weighted by atomic mass is 16.5. The van der Waals surface area contributed by atoms with Crippen molar-refractivity contribution >= 4 is 5.91 Å². The number of nitrogens with one attached hydrogen (secondary N) is 2. The largest absolute Gasteiger partial charge is 0.366 e. The number of fused-ring (bicyclic) bond motifs is 1. The molecular weight excluding hydrogens is 246 g/mol. The molecule has 2 aliphatic heterocycles. The van der Waals surface area contributed by atoms with Crippen LogP contribution in [0.15, 0.2) is 0 Å². The molecule has 2 unspecified atom stereocenters. The molecule has 1 aromatic rings. The first-order chi connectivity index (χ1) is 9.25. The van der Waals surface area contributed by atoms with Crippen LogP contribution in [0.5, 0.6) is 0 Å². The molecular formula is C12H19N5O2. The summed E-state index contributed by atoms with van der Waals surface area (Å²) < 4.78 is 7.54. The Morgan fingerprint density at radius 2 is 2.47 bits per heavy atom. The van der Waals surface area contributed by atoms with Crippen LogP contribution in [0.2, 0.25) is 0 Å². The summed E-state index contributed by atoms with van der Waals surface area (Å²) in [6, 6.07) is -0.141. The van der Waals surface area contributed by atoms with Crippen molar-refractivity contribution in [1.29, 1.82) is 0 Å². The van der Waals surface area contributed by atoms with Gasteiger partial charge < -0.3 is 19.9 Å². The van der Waals surface area contributed by atoms with Crippen LogP contribution in [0.1, 0.15) is 31.0 Å². The maximum atomic E-state index is 12.1. The van der Waals surface area contributed by atoms with E-state index >= 15 is 0 Å². The molecule has 104 valence electrons. The fraction of sp³-hybridized carbons (Fsp3) is 0.750. The third-order valence-corrected chi connectivity index (χ3v) is 3.60. The minimum absolute atomic E-state index is 0.0879. The minimum Gasteiger partial charge on any atom is -0.366 e. The highest BCUT2D eigenvalue weighted by Crippen LogP contribution is 2.19. The van der Waals surface area contributed by atoms with Gasteiger partial charge in [-0.3, -0.25) is 4.79 Å². The lowest BCUT2D eigenvalue weighted by atomic mass is 10.2. The Morgan fingerprint density at radius 3 is 3.26 bits per heavy atom. The summed E-state index contributed by atoms with van der Waals surface area (Å²) in [5, 5.41) is 14.4. The van der Waals surface area contributed by atoms with Crippen LogP contribution in [0.3, 0.4) is 0 Å². The highest BCUT2D eigenvalue weighted by Gasteiger charge is 2.26. The van der Waals surface area contributed by atoms with Gasteiger partial charge in [0.25, 0.3) is 5.91 Å². The molecule has 3 heterocycles. The van der Waals surface area contributed by atoms with Gasteiger partial charge in [-0.2, -0.15) is 0 Å². The van der Waals surface area contributed by atoms with E-state index in [0.29, 0.717) is 13.2 Å². The lowest BCUT2D eigenvalue weighted by molar-refractivity contribution is -0.134.